The van der Waals surface area contributed by atoms with Crippen LogP contribution < -0.4 is 0 Å². The Balaban J connectivity index is 1.79. The molecule has 0 amide bonds. The highest BCUT2D eigenvalue weighted by Crippen LogP contribution is 2.34. The summed E-state index contributed by atoms with van der Waals surface area (Å²) >= 11 is 0. The van der Waals surface area contributed by atoms with Gasteiger partial charge in [0.25, 0.3) is 0 Å². The number of rotatable bonds is 13. The molecule has 4 rings (SSSR count). The molecule has 186 valence electrons. The maximum Gasteiger partial charge on any atom is 0.229 e. The predicted octanol–water partition coefficient (Wildman–Crippen LogP) is 5.48. The monoisotopic (exact) mass is 477 g/mol. The summed E-state index contributed by atoms with van der Waals surface area (Å²) in [5, 5.41) is 0. The third kappa shape index (κ3) is 6.31. The van der Waals surface area contributed by atoms with Crippen LogP contribution in [0.15, 0.2) is 72.9 Å². The number of aryl methyl sites for hydroxylation is 1. The van der Waals surface area contributed by atoms with Crippen molar-refractivity contribution in [1.82, 2.24) is 14.9 Å². The number of hydrogen-bond acceptors (Lipinski definition) is 6. The Labute approximate surface area is 207 Å². The highest BCUT2D eigenvalue weighted by Gasteiger charge is 2.29. The summed E-state index contributed by atoms with van der Waals surface area (Å²) in [6, 6.07) is 16.9. The fraction of sp³-hybridized carbons (Fsp3) is 0.393. The second kappa shape index (κ2) is 12.5. The van der Waals surface area contributed by atoms with E-state index in [1.165, 1.54) is 16.7 Å². The molecule has 1 N–H and O–H groups in total. The van der Waals surface area contributed by atoms with E-state index in [9.17, 15) is 0 Å². The van der Waals surface area contributed by atoms with Crippen molar-refractivity contribution in [2.24, 2.45) is 0 Å². The lowest BCUT2D eigenvalue weighted by molar-refractivity contribution is -0.106. The van der Waals surface area contributed by atoms with Crippen LogP contribution in [0.4, 0.5) is 0 Å². The van der Waals surface area contributed by atoms with Crippen molar-refractivity contribution in [3.63, 3.8) is 0 Å². The van der Waals surface area contributed by atoms with Gasteiger partial charge in [0.1, 0.15) is 17.8 Å². The molecule has 2 heterocycles. The van der Waals surface area contributed by atoms with E-state index in [1.54, 1.807) is 20.5 Å². The van der Waals surface area contributed by atoms with Crippen LogP contribution in [0.2, 0.25) is 0 Å². The first kappa shape index (κ1) is 25.0. The Hall–Kier alpha value is -3.13. The van der Waals surface area contributed by atoms with Gasteiger partial charge < -0.3 is 23.9 Å². The zero-order valence-corrected chi connectivity index (χ0v) is 20.8. The molecule has 0 fully saturated rings. The van der Waals surface area contributed by atoms with Gasteiger partial charge in [-0.25, -0.2) is 4.98 Å². The zero-order chi connectivity index (χ0) is 24.5. The lowest BCUT2D eigenvalue weighted by atomic mass is 9.92. The molecule has 1 aliphatic heterocycles. The van der Waals surface area contributed by atoms with Crippen LogP contribution in [0.25, 0.3) is 0 Å². The second-order valence-corrected chi connectivity index (χ2v) is 8.65. The van der Waals surface area contributed by atoms with Crippen molar-refractivity contribution >= 4 is 0 Å². The number of benzene rings is 2. The number of ether oxygens (including phenoxy) is 4. The van der Waals surface area contributed by atoms with Gasteiger partial charge in [-0.3, -0.25) is 4.90 Å². The van der Waals surface area contributed by atoms with Crippen LogP contribution in [0.1, 0.15) is 60.2 Å². The van der Waals surface area contributed by atoms with Crippen molar-refractivity contribution in [3.05, 3.63) is 101 Å². The number of aromatic nitrogens is 2. The van der Waals surface area contributed by atoms with Gasteiger partial charge in [0.15, 0.2) is 6.29 Å². The standard InChI is InChI=1S/C28H35N3O4/c1-4-5-11-22-16-23(28(32-2)33-3)12-13-25(22)26(27-29-14-15-30-27)31(18-24-19-34-20-35-24)17-21-9-7-6-8-10-21/h6-10,12-16,19,26,28H,4-5,11,17-18,20H2,1-3H3,(H,29,30). The van der Waals surface area contributed by atoms with Crippen LogP contribution in [0, 0.1) is 0 Å². The van der Waals surface area contributed by atoms with Gasteiger partial charge in [0.2, 0.25) is 6.79 Å². The molecule has 7 heteroatoms. The number of aromatic amines is 1. The van der Waals surface area contributed by atoms with Crippen LogP contribution in [0.3, 0.4) is 0 Å². The van der Waals surface area contributed by atoms with Crippen molar-refractivity contribution in [1.29, 1.82) is 0 Å². The molecule has 2 aromatic carbocycles. The van der Waals surface area contributed by atoms with Crippen molar-refractivity contribution in [3.8, 4) is 0 Å². The lowest BCUT2D eigenvalue weighted by Gasteiger charge is -2.32. The number of nitrogens with zero attached hydrogens (tertiary/aromatic N) is 2. The van der Waals surface area contributed by atoms with E-state index < -0.39 is 6.29 Å². The number of H-pyrrole nitrogens is 1. The molecule has 1 unspecified atom stereocenters. The highest BCUT2D eigenvalue weighted by molar-refractivity contribution is 5.38. The van der Waals surface area contributed by atoms with Crippen LogP contribution in [0.5, 0.6) is 0 Å². The quantitative estimate of drug-likeness (QED) is 0.329. The number of unbranched alkanes of at least 4 members (excludes halogenated alkanes) is 1. The summed E-state index contributed by atoms with van der Waals surface area (Å²) in [7, 11) is 3.33. The van der Waals surface area contributed by atoms with E-state index >= 15 is 0 Å². The second-order valence-electron chi connectivity index (χ2n) is 8.65. The first-order chi connectivity index (χ1) is 17.2. The van der Waals surface area contributed by atoms with Crippen molar-refractivity contribution in [2.45, 2.75) is 45.1 Å². The first-order valence-electron chi connectivity index (χ1n) is 12.1. The molecule has 0 spiro atoms. The average molecular weight is 478 g/mol. The molecule has 0 saturated heterocycles. The van der Waals surface area contributed by atoms with Gasteiger partial charge in [0, 0.05) is 38.7 Å². The first-order valence-corrected chi connectivity index (χ1v) is 12.1. The fourth-order valence-corrected chi connectivity index (χ4v) is 4.55. The van der Waals surface area contributed by atoms with E-state index in [0.717, 1.165) is 43.0 Å². The molecule has 1 aliphatic rings. The van der Waals surface area contributed by atoms with Gasteiger partial charge in [0.05, 0.1) is 12.6 Å². The summed E-state index contributed by atoms with van der Waals surface area (Å²) in [6.07, 6.45) is 8.15. The number of imidazole rings is 1. The van der Waals surface area contributed by atoms with Crippen molar-refractivity contribution < 1.29 is 18.9 Å². The van der Waals surface area contributed by atoms with Gasteiger partial charge >= 0.3 is 0 Å². The third-order valence-electron chi connectivity index (χ3n) is 6.22. The predicted molar refractivity (Wildman–Crippen MR) is 134 cm³/mol. The molecule has 0 saturated carbocycles. The smallest absolute Gasteiger partial charge is 0.229 e. The minimum absolute atomic E-state index is 0.111. The van der Waals surface area contributed by atoms with Gasteiger partial charge in [-0.2, -0.15) is 0 Å². The Morgan fingerprint density at radius 2 is 1.91 bits per heavy atom. The molecule has 0 bridgehead atoms. The zero-order valence-electron chi connectivity index (χ0n) is 20.8. The highest BCUT2D eigenvalue weighted by atomic mass is 16.7. The summed E-state index contributed by atoms with van der Waals surface area (Å²) in [5.41, 5.74) is 4.70. The summed E-state index contributed by atoms with van der Waals surface area (Å²) < 4.78 is 22.2. The maximum absolute atomic E-state index is 5.73. The van der Waals surface area contributed by atoms with E-state index in [2.05, 4.69) is 59.3 Å². The summed E-state index contributed by atoms with van der Waals surface area (Å²) in [6.45, 7) is 3.78. The molecule has 0 radical (unpaired) electrons. The number of hydrogen-bond donors (Lipinski definition) is 1. The molecule has 35 heavy (non-hydrogen) atoms. The topological polar surface area (TPSA) is 68.8 Å². The van der Waals surface area contributed by atoms with E-state index in [4.69, 9.17) is 23.9 Å². The Bertz CT molecular complexity index is 1070. The van der Waals surface area contributed by atoms with Crippen LogP contribution in [-0.4, -0.2) is 42.4 Å². The molecule has 1 atom stereocenters. The molecule has 7 nitrogen and oxygen atoms in total. The molecule has 3 aromatic rings. The minimum Gasteiger partial charge on any atom is -0.462 e. The molecule has 0 aliphatic carbocycles. The van der Waals surface area contributed by atoms with E-state index in [-0.39, 0.29) is 12.8 Å². The molecular formula is C28H35N3O4. The number of nitrogens with one attached hydrogen (secondary N) is 1. The maximum atomic E-state index is 5.73. The van der Waals surface area contributed by atoms with Gasteiger partial charge in [-0.05, 0) is 29.5 Å². The van der Waals surface area contributed by atoms with E-state index in [0.29, 0.717) is 6.54 Å². The van der Waals surface area contributed by atoms with Gasteiger partial charge in [-0.1, -0.05) is 61.9 Å². The summed E-state index contributed by atoms with van der Waals surface area (Å²) in [4.78, 5) is 10.5. The molecule has 1 aromatic heterocycles. The Morgan fingerprint density at radius 1 is 1.09 bits per heavy atom. The van der Waals surface area contributed by atoms with Crippen LogP contribution in [-0.2, 0) is 31.9 Å². The Morgan fingerprint density at radius 3 is 2.57 bits per heavy atom. The molecular weight excluding hydrogens is 442 g/mol. The summed E-state index contributed by atoms with van der Waals surface area (Å²) in [5.74, 6) is 1.70. The largest absolute Gasteiger partial charge is 0.462 e. The number of methoxy groups -OCH3 is 2. The minimum atomic E-state index is -0.402. The average Bonchev–Trinajstić information content (AvgIpc) is 3.60. The van der Waals surface area contributed by atoms with Gasteiger partial charge in [-0.15, -0.1) is 0 Å². The fourth-order valence-electron chi connectivity index (χ4n) is 4.55. The normalized spacial score (nSPS) is 14.1. The SMILES string of the molecule is CCCCc1cc(C(OC)OC)ccc1C(c1ncc[nH]1)N(CC1=COCO1)Cc1ccccc1. The Kier molecular flexibility index (Phi) is 8.95. The van der Waals surface area contributed by atoms with Crippen molar-refractivity contribution in [2.75, 3.05) is 27.6 Å². The van der Waals surface area contributed by atoms with E-state index in [1.807, 2.05) is 18.5 Å². The van der Waals surface area contributed by atoms with Crippen LogP contribution >= 0.6 is 0 Å². The lowest BCUT2D eigenvalue weighted by Crippen LogP contribution is -2.33. The third-order valence-corrected chi connectivity index (χ3v) is 6.22.